The van der Waals surface area contributed by atoms with Crippen molar-refractivity contribution in [3.8, 4) is 0 Å². The Hall–Kier alpha value is -1.01. The van der Waals surface area contributed by atoms with Crippen molar-refractivity contribution < 1.29 is 4.74 Å². The number of benzene rings is 1. The van der Waals surface area contributed by atoms with E-state index in [1.54, 1.807) is 0 Å². The summed E-state index contributed by atoms with van der Waals surface area (Å²) in [6, 6.07) is 7.93. The first-order valence-electron chi connectivity index (χ1n) is 7.54. The minimum absolute atomic E-state index is 0.106. The maximum Gasteiger partial charge on any atom is 0.0952 e. The van der Waals surface area contributed by atoms with Crippen LogP contribution in [0.4, 0.5) is 0 Å². The van der Waals surface area contributed by atoms with Crippen LogP contribution < -0.4 is 0 Å². The summed E-state index contributed by atoms with van der Waals surface area (Å²) in [7, 11) is 0. The molecule has 2 aromatic rings. The van der Waals surface area contributed by atoms with Crippen molar-refractivity contribution in [2.45, 2.75) is 32.4 Å². The van der Waals surface area contributed by atoms with E-state index in [0.29, 0.717) is 5.92 Å². The summed E-state index contributed by atoms with van der Waals surface area (Å²) in [5.74, 6) is 0.418. The summed E-state index contributed by atoms with van der Waals surface area (Å²) >= 11 is 7.47. The van der Waals surface area contributed by atoms with Gasteiger partial charge in [0.05, 0.1) is 23.3 Å². The zero-order valence-corrected chi connectivity index (χ0v) is 14.4. The molecule has 0 saturated carbocycles. The quantitative estimate of drug-likeness (QED) is 0.848. The van der Waals surface area contributed by atoms with E-state index in [1.807, 2.05) is 24.3 Å². The average Bonchev–Trinajstić information content (AvgIpc) is 2.96. The third-order valence-corrected chi connectivity index (χ3v) is 4.87. The highest BCUT2D eigenvalue weighted by Gasteiger charge is 2.24. The predicted octanol–water partition coefficient (Wildman–Crippen LogP) is 3.89. The van der Waals surface area contributed by atoms with E-state index in [1.165, 1.54) is 22.0 Å². The average molecular weight is 338 g/mol. The topological polar surface area (TPSA) is 38.2 Å². The third-order valence-electron chi connectivity index (χ3n) is 3.89. The number of nitrogens with zero attached hydrogens (tertiary/aromatic N) is 3. The lowest BCUT2D eigenvalue weighted by atomic mass is 10.1. The van der Waals surface area contributed by atoms with Crippen molar-refractivity contribution in [3.63, 3.8) is 0 Å². The van der Waals surface area contributed by atoms with E-state index in [0.717, 1.165) is 37.0 Å². The van der Waals surface area contributed by atoms with E-state index >= 15 is 0 Å². The fourth-order valence-corrected chi connectivity index (χ4v) is 3.66. The fraction of sp³-hybridized carbons (Fsp3) is 0.500. The van der Waals surface area contributed by atoms with E-state index in [2.05, 4.69) is 28.3 Å². The lowest BCUT2D eigenvalue weighted by Crippen LogP contribution is -2.37. The van der Waals surface area contributed by atoms with Gasteiger partial charge in [0.1, 0.15) is 0 Å². The Kier molecular flexibility index (Phi) is 5.08. The molecule has 0 N–H and O–H groups in total. The normalized spacial score (nSPS) is 19.7. The Balaban J connectivity index is 1.68. The Morgan fingerprint density at radius 1 is 1.36 bits per heavy atom. The second-order valence-electron chi connectivity index (χ2n) is 5.88. The van der Waals surface area contributed by atoms with Crippen molar-refractivity contribution in [2.24, 2.45) is 0 Å². The first kappa shape index (κ1) is 15.9. The molecule has 3 rings (SSSR count). The van der Waals surface area contributed by atoms with Crippen LogP contribution in [0.5, 0.6) is 0 Å². The van der Waals surface area contributed by atoms with Crippen LogP contribution in [0.3, 0.4) is 0 Å². The van der Waals surface area contributed by atoms with Gasteiger partial charge in [0.15, 0.2) is 0 Å². The van der Waals surface area contributed by atoms with Crippen LogP contribution >= 0.6 is 23.1 Å². The number of hydrogen-bond donors (Lipinski definition) is 0. The molecular formula is C16H20ClN3OS. The fourth-order valence-electron chi connectivity index (χ4n) is 2.69. The molecule has 0 bridgehead atoms. The minimum atomic E-state index is 0.106. The molecule has 1 fully saturated rings. The number of halogens is 1. The highest BCUT2D eigenvalue weighted by atomic mass is 35.5. The van der Waals surface area contributed by atoms with Gasteiger partial charge in [-0.2, -0.15) is 0 Å². The number of morpholine rings is 1. The lowest BCUT2D eigenvalue weighted by Gasteiger charge is -2.33. The van der Waals surface area contributed by atoms with Crippen LogP contribution in [-0.2, 0) is 11.3 Å². The first-order valence-corrected chi connectivity index (χ1v) is 8.69. The third kappa shape index (κ3) is 3.66. The summed E-state index contributed by atoms with van der Waals surface area (Å²) in [5.41, 5.74) is 2.31. The molecule has 1 saturated heterocycles. The minimum Gasteiger partial charge on any atom is -0.371 e. The van der Waals surface area contributed by atoms with Crippen LogP contribution in [0.1, 0.15) is 42.0 Å². The zero-order chi connectivity index (χ0) is 15.5. The van der Waals surface area contributed by atoms with Crippen LogP contribution in [0.25, 0.3) is 0 Å². The van der Waals surface area contributed by atoms with Gasteiger partial charge in [0, 0.05) is 24.7 Å². The summed E-state index contributed by atoms with van der Waals surface area (Å²) in [4.78, 5) is 3.69. The molecule has 1 aliphatic rings. The summed E-state index contributed by atoms with van der Waals surface area (Å²) < 4.78 is 10.0. The number of aromatic nitrogens is 2. The van der Waals surface area contributed by atoms with Gasteiger partial charge in [0.2, 0.25) is 0 Å². The predicted molar refractivity (Wildman–Crippen MR) is 89.4 cm³/mol. The molecule has 22 heavy (non-hydrogen) atoms. The molecule has 1 aromatic carbocycles. The standard InChI is InChI=1S/C16H20ClN3OS/c1-11(2)16-15(22-19-18-16)10-20-7-8-21-14(9-20)12-3-5-13(17)6-4-12/h3-6,11,14H,7-10H2,1-2H3/t14-/m0/s1. The van der Waals surface area contributed by atoms with E-state index in [4.69, 9.17) is 16.3 Å². The maximum atomic E-state index is 5.96. The van der Waals surface area contributed by atoms with Crippen molar-refractivity contribution in [1.29, 1.82) is 0 Å². The van der Waals surface area contributed by atoms with E-state index in [9.17, 15) is 0 Å². The Morgan fingerprint density at radius 3 is 2.86 bits per heavy atom. The number of ether oxygens (including phenoxy) is 1. The van der Waals surface area contributed by atoms with Gasteiger partial charge in [-0.25, -0.2) is 0 Å². The van der Waals surface area contributed by atoms with Gasteiger partial charge in [-0.1, -0.05) is 42.1 Å². The molecule has 0 unspecified atom stereocenters. The highest BCUT2D eigenvalue weighted by Crippen LogP contribution is 2.27. The van der Waals surface area contributed by atoms with Crippen molar-refractivity contribution in [2.75, 3.05) is 19.7 Å². The van der Waals surface area contributed by atoms with Gasteiger partial charge in [-0.3, -0.25) is 4.90 Å². The monoisotopic (exact) mass is 337 g/mol. The van der Waals surface area contributed by atoms with Gasteiger partial charge in [-0.15, -0.1) is 5.10 Å². The van der Waals surface area contributed by atoms with Crippen molar-refractivity contribution in [3.05, 3.63) is 45.4 Å². The molecule has 0 spiro atoms. The molecule has 118 valence electrons. The van der Waals surface area contributed by atoms with E-state index in [-0.39, 0.29) is 6.10 Å². The molecule has 0 radical (unpaired) electrons. The van der Waals surface area contributed by atoms with Gasteiger partial charge >= 0.3 is 0 Å². The first-order chi connectivity index (χ1) is 10.6. The highest BCUT2D eigenvalue weighted by molar-refractivity contribution is 7.05. The number of hydrogen-bond acceptors (Lipinski definition) is 5. The maximum absolute atomic E-state index is 5.96. The zero-order valence-electron chi connectivity index (χ0n) is 12.8. The molecule has 1 aliphatic heterocycles. The second-order valence-corrected chi connectivity index (χ2v) is 7.16. The second kappa shape index (κ2) is 7.04. The SMILES string of the molecule is CC(C)c1nnsc1CN1CCO[C@H](c2ccc(Cl)cc2)C1. The Labute approximate surface area is 140 Å². The summed E-state index contributed by atoms with van der Waals surface area (Å²) in [6.07, 6.45) is 0.106. The summed E-state index contributed by atoms with van der Waals surface area (Å²) in [5, 5.41) is 5.02. The van der Waals surface area contributed by atoms with Crippen molar-refractivity contribution in [1.82, 2.24) is 14.5 Å². The van der Waals surface area contributed by atoms with Crippen molar-refractivity contribution >= 4 is 23.1 Å². The Bertz CT molecular complexity index is 614. The molecule has 1 atom stereocenters. The lowest BCUT2D eigenvalue weighted by molar-refractivity contribution is -0.0327. The van der Waals surface area contributed by atoms with Crippen LogP contribution in [0.15, 0.2) is 24.3 Å². The Morgan fingerprint density at radius 2 is 2.14 bits per heavy atom. The molecule has 4 nitrogen and oxygen atoms in total. The summed E-state index contributed by atoms with van der Waals surface area (Å²) in [6.45, 7) is 7.80. The number of rotatable bonds is 4. The van der Waals surface area contributed by atoms with Gasteiger partial charge < -0.3 is 4.74 Å². The molecule has 2 heterocycles. The van der Waals surface area contributed by atoms with Gasteiger partial charge in [-0.05, 0) is 35.1 Å². The van der Waals surface area contributed by atoms with E-state index < -0.39 is 0 Å². The molecular weight excluding hydrogens is 318 g/mol. The largest absolute Gasteiger partial charge is 0.371 e. The molecule has 0 aliphatic carbocycles. The molecule has 1 aromatic heterocycles. The van der Waals surface area contributed by atoms with Gasteiger partial charge in [0.25, 0.3) is 0 Å². The van der Waals surface area contributed by atoms with Crippen LogP contribution in [0, 0.1) is 0 Å². The molecule has 6 heteroatoms. The van der Waals surface area contributed by atoms with Crippen LogP contribution in [-0.4, -0.2) is 34.2 Å². The smallest absolute Gasteiger partial charge is 0.0952 e. The van der Waals surface area contributed by atoms with Crippen LogP contribution in [0.2, 0.25) is 5.02 Å². The molecule has 0 amide bonds.